The highest BCUT2D eigenvalue weighted by molar-refractivity contribution is 6.31. The number of halogens is 1. The lowest BCUT2D eigenvalue weighted by atomic mass is 10.2. The van der Waals surface area contributed by atoms with Gasteiger partial charge < -0.3 is 5.32 Å². The van der Waals surface area contributed by atoms with Gasteiger partial charge in [-0.05, 0) is 38.1 Å². The highest BCUT2D eigenvalue weighted by Crippen LogP contribution is 2.15. The first kappa shape index (κ1) is 15.2. The molecule has 0 aliphatic heterocycles. The molecule has 3 rings (SSSR count). The molecule has 0 spiro atoms. The van der Waals surface area contributed by atoms with Gasteiger partial charge in [0, 0.05) is 22.3 Å². The Kier molecular flexibility index (Phi) is 4.08. The largest absolute Gasteiger partial charge is 0.306 e. The first-order chi connectivity index (χ1) is 11.0. The molecule has 0 bridgehead atoms. The molecule has 0 radical (unpaired) electrons. The second-order valence-electron chi connectivity index (χ2n) is 5.06. The summed E-state index contributed by atoms with van der Waals surface area (Å²) in [5.41, 5.74) is 2.31. The number of hydrogen-bond acceptors (Lipinski definition) is 4. The zero-order chi connectivity index (χ0) is 16.4. The Morgan fingerprint density at radius 1 is 1.17 bits per heavy atom. The van der Waals surface area contributed by atoms with Gasteiger partial charge in [0.05, 0.1) is 5.69 Å². The standard InChI is InChI=1S/C16H14ClN5O/c1-10-6-11(2)22(21-10)15-8-14(18-9-19-15)20-16(23)12-4-3-5-13(17)7-12/h3-9H,1-2H3,(H,18,19,20,23). The average molecular weight is 328 g/mol. The summed E-state index contributed by atoms with van der Waals surface area (Å²) in [6.45, 7) is 3.85. The van der Waals surface area contributed by atoms with E-state index in [0.717, 1.165) is 11.4 Å². The summed E-state index contributed by atoms with van der Waals surface area (Å²) in [4.78, 5) is 20.5. The first-order valence-corrected chi connectivity index (χ1v) is 7.33. The normalized spacial score (nSPS) is 10.6. The molecule has 0 atom stereocenters. The first-order valence-electron chi connectivity index (χ1n) is 6.95. The van der Waals surface area contributed by atoms with E-state index in [0.29, 0.717) is 22.2 Å². The van der Waals surface area contributed by atoms with E-state index in [1.807, 2.05) is 19.9 Å². The minimum atomic E-state index is -0.287. The predicted molar refractivity (Wildman–Crippen MR) is 88.0 cm³/mol. The summed E-state index contributed by atoms with van der Waals surface area (Å²) >= 11 is 5.90. The van der Waals surface area contributed by atoms with Crippen molar-refractivity contribution in [2.75, 3.05) is 5.32 Å². The molecule has 1 N–H and O–H groups in total. The molecule has 0 unspecified atom stereocenters. The zero-order valence-electron chi connectivity index (χ0n) is 12.6. The van der Waals surface area contributed by atoms with Crippen LogP contribution in [0.1, 0.15) is 21.7 Å². The summed E-state index contributed by atoms with van der Waals surface area (Å²) in [7, 11) is 0. The molecule has 7 heteroatoms. The third-order valence-corrected chi connectivity index (χ3v) is 3.44. The molecule has 1 amide bonds. The van der Waals surface area contributed by atoms with E-state index < -0.39 is 0 Å². The van der Waals surface area contributed by atoms with E-state index in [4.69, 9.17) is 11.6 Å². The number of benzene rings is 1. The van der Waals surface area contributed by atoms with Crippen LogP contribution >= 0.6 is 11.6 Å². The van der Waals surface area contributed by atoms with Gasteiger partial charge in [-0.2, -0.15) is 5.10 Å². The number of nitrogens with one attached hydrogen (secondary N) is 1. The second kappa shape index (κ2) is 6.18. The van der Waals surface area contributed by atoms with E-state index in [1.54, 1.807) is 35.0 Å². The fraction of sp³-hybridized carbons (Fsp3) is 0.125. The lowest BCUT2D eigenvalue weighted by Gasteiger charge is -2.07. The number of amides is 1. The Morgan fingerprint density at radius 3 is 2.70 bits per heavy atom. The molecule has 0 saturated heterocycles. The van der Waals surface area contributed by atoms with Gasteiger partial charge in [-0.1, -0.05) is 17.7 Å². The molecule has 116 valence electrons. The molecule has 2 aromatic heterocycles. The Bertz CT molecular complexity index is 874. The Morgan fingerprint density at radius 2 is 2.00 bits per heavy atom. The van der Waals surface area contributed by atoms with Crippen molar-refractivity contribution in [1.29, 1.82) is 0 Å². The van der Waals surface area contributed by atoms with Crippen LogP contribution in [0, 0.1) is 13.8 Å². The number of carbonyl (C=O) groups is 1. The van der Waals surface area contributed by atoms with Crippen LogP contribution in [-0.4, -0.2) is 25.7 Å². The number of carbonyl (C=O) groups excluding carboxylic acids is 1. The summed E-state index contributed by atoms with van der Waals surface area (Å²) in [6, 6.07) is 10.3. The summed E-state index contributed by atoms with van der Waals surface area (Å²) in [6.07, 6.45) is 1.39. The lowest BCUT2D eigenvalue weighted by Crippen LogP contribution is -2.14. The molecule has 0 aliphatic rings. The molecule has 3 aromatic rings. The Hall–Kier alpha value is -2.73. The van der Waals surface area contributed by atoms with Crippen molar-refractivity contribution in [2.45, 2.75) is 13.8 Å². The van der Waals surface area contributed by atoms with Gasteiger partial charge in [-0.3, -0.25) is 4.79 Å². The van der Waals surface area contributed by atoms with Crippen LogP contribution in [-0.2, 0) is 0 Å². The molecular weight excluding hydrogens is 314 g/mol. The van der Waals surface area contributed by atoms with Crippen LogP contribution in [0.2, 0.25) is 5.02 Å². The molecule has 6 nitrogen and oxygen atoms in total. The smallest absolute Gasteiger partial charge is 0.256 e. The molecular formula is C16H14ClN5O. The van der Waals surface area contributed by atoms with E-state index in [1.165, 1.54) is 6.33 Å². The number of aromatic nitrogens is 4. The molecule has 1 aromatic carbocycles. The summed E-state index contributed by atoms with van der Waals surface area (Å²) in [5.74, 6) is 0.699. The predicted octanol–water partition coefficient (Wildman–Crippen LogP) is 3.18. The molecule has 0 saturated carbocycles. The van der Waals surface area contributed by atoms with Gasteiger partial charge in [0.1, 0.15) is 12.1 Å². The van der Waals surface area contributed by atoms with Crippen LogP contribution in [0.5, 0.6) is 0 Å². The number of rotatable bonds is 3. The number of anilines is 1. The summed E-state index contributed by atoms with van der Waals surface area (Å²) in [5, 5.41) is 7.60. The van der Waals surface area contributed by atoms with Crippen molar-refractivity contribution >= 4 is 23.3 Å². The zero-order valence-corrected chi connectivity index (χ0v) is 13.4. The van der Waals surface area contributed by atoms with E-state index >= 15 is 0 Å². The van der Waals surface area contributed by atoms with Gasteiger partial charge in [0.2, 0.25) is 0 Å². The van der Waals surface area contributed by atoms with Crippen LogP contribution in [0.3, 0.4) is 0 Å². The van der Waals surface area contributed by atoms with Crippen LogP contribution in [0.4, 0.5) is 5.82 Å². The maximum Gasteiger partial charge on any atom is 0.256 e. The van der Waals surface area contributed by atoms with Crippen molar-refractivity contribution in [2.24, 2.45) is 0 Å². The Balaban J connectivity index is 1.86. The monoisotopic (exact) mass is 327 g/mol. The fourth-order valence-corrected chi connectivity index (χ4v) is 2.40. The van der Waals surface area contributed by atoms with Crippen LogP contribution in [0.15, 0.2) is 42.7 Å². The summed E-state index contributed by atoms with van der Waals surface area (Å²) < 4.78 is 1.70. The SMILES string of the molecule is Cc1cc(C)n(-c2cc(NC(=O)c3cccc(Cl)c3)ncn2)n1. The third-order valence-electron chi connectivity index (χ3n) is 3.21. The van der Waals surface area contributed by atoms with Gasteiger partial charge in [-0.15, -0.1) is 0 Å². The maximum atomic E-state index is 12.2. The van der Waals surface area contributed by atoms with Gasteiger partial charge in [0.25, 0.3) is 5.91 Å². The molecule has 2 heterocycles. The van der Waals surface area contributed by atoms with Gasteiger partial charge in [-0.25, -0.2) is 14.6 Å². The van der Waals surface area contributed by atoms with Crippen molar-refractivity contribution < 1.29 is 4.79 Å². The van der Waals surface area contributed by atoms with Crippen molar-refractivity contribution in [3.63, 3.8) is 0 Å². The fourth-order valence-electron chi connectivity index (χ4n) is 2.21. The van der Waals surface area contributed by atoms with E-state index in [2.05, 4.69) is 20.4 Å². The maximum absolute atomic E-state index is 12.2. The average Bonchev–Trinajstić information content (AvgIpc) is 2.86. The highest BCUT2D eigenvalue weighted by atomic mass is 35.5. The van der Waals surface area contributed by atoms with Crippen molar-refractivity contribution in [3.05, 3.63) is 64.7 Å². The van der Waals surface area contributed by atoms with Crippen molar-refractivity contribution in [1.82, 2.24) is 19.7 Å². The van der Waals surface area contributed by atoms with Crippen LogP contribution < -0.4 is 5.32 Å². The lowest BCUT2D eigenvalue weighted by molar-refractivity contribution is 0.102. The number of hydrogen-bond donors (Lipinski definition) is 1. The van der Waals surface area contributed by atoms with E-state index in [9.17, 15) is 4.79 Å². The topological polar surface area (TPSA) is 72.7 Å². The minimum Gasteiger partial charge on any atom is -0.306 e. The quantitative estimate of drug-likeness (QED) is 0.802. The van der Waals surface area contributed by atoms with Gasteiger partial charge >= 0.3 is 0 Å². The molecule has 0 aliphatic carbocycles. The molecule has 0 fully saturated rings. The molecule has 23 heavy (non-hydrogen) atoms. The van der Waals surface area contributed by atoms with E-state index in [-0.39, 0.29) is 5.91 Å². The van der Waals surface area contributed by atoms with Crippen LogP contribution in [0.25, 0.3) is 5.82 Å². The minimum absolute atomic E-state index is 0.287. The highest BCUT2D eigenvalue weighted by Gasteiger charge is 2.10. The van der Waals surface area contributed by atoms with Crippen molar-refractivity contribution in [3.8, 4) is 5.82 Å². The number of nitrogens with zero attached hydrogens (tertiary/aromatic N) is 4. The second-order valence-corrected chi connectivity index (χ2v) is 5.50. The third kappa shape index (κ3) is 3.37. The number of aryl methyl sites for hydroxylation is 2. The van der Waals surface area contributed by atoms with Gasteiger partial charge in [0.15, 0.2) is 5.82 Å². The Labute approximate surface area is 138 Å².